The Kier molecular flexibility index (Phi) is 4.60. The van der Waals surface area contributed by atoms with Crippen LogP contribution in [-0.2, 0) is 21.2 Å². The molecule has 0 spiro atoms. The van der Waals surface area contributed by atoms with Crippen molar-refractivity contribution in [2.24, 2.45) is 0 Å². The number of hydrogen-bond acceptors (Lipinski definition) is 3. The van der Waals surface area contributed by atoms with Crippen molar-refractivity contribution in [2.75, 3.05) is 13.1 Å². The lowest BCUT2D eigenvalue weighted by molar-refractivity contribution is -0.111. The predicted octanol–water partition coefficient (Wildman–Crippen LogP) is 2.17. The molecule has 0 atom stereocenters. The van der Waals surface area contributed by atoms with E-state index in [-0.39, 0.29) is 11.3 Å². The van der Waals surface area contributed by atoms with E-state index < -0.39 is 15.3 Å². The second-order valence-electron chi connectivity index (χ2n) is 4.64. The molecule has 0 amide bonds. The molecule has 1 saturated heterocycles. The summed E-state index contributed by atoms with van der Waals surface area (Å²) < 4.78 is 26.2. The maximum atomic E-state index is 12.4. The van der Waals surface area contributed by atoms with Gasteiger partial charge in [0.25, 0.3) is 0 Å². The molecule has 6 heteroatoms. The number of benzene rings is 1. The Hall–Kier alpha value is -0.910. The van der Waals surface area contributed by atoms with Gasteiger partial charge in [-0.1, -0.05) is 18.6 Å². The maximum absolute atomic E-state index is 12.4. The zero-order chi connectivity index (χ0) is 13.9. The van der Waals surface area contributed by atoms with Gasteiger partial charge in [-0.2, -0.15) is 4.31 Å². The molecule has 1 aliphatic rings. The maximum Gasteiger partial charge on any atom is 0.243 e. The van der Waals surface area contributed by atoms with Crippen LogP contribution in [0.25, 0.3) is 0 Å². The van der Waals surface area contributed by atoms with E-state index in [1.807, 2.05) is 0 Å². The summed E-state index contributed by atoms with van der Waals surface area (Å²) in [4.78, 5) is 11.1. The van der Waals surface area contributed by atoms with Crippen LogP contribution in [0.2, 0.25) is 0 Å². The molecule has 1 aromatic carbocycles. The van der Waals surface area contributed by atoms with Crippen molar-refractivity contribution in [3.63, 3.8) is 0 Å². The molecule has 0 radical (unpaired) electrons. The number of sulfonamides is 1. The van der Waals surface area contributed by atoms with E-state index >= 15 is 0 Å². The van der Waals surface area contributed by atoms with E-state index in [0.29, 0.717) is 13.1 Å². The van der Waals surface area contributed by atoms with Crippen molar-refractivity contribution in [2.45, 2.75) is 30.6 Å². The molecule has 0 bridgehead atoms. The van der Waals surface area contributed by atoms with Crippen molar-refractivity contribution < 1.29 is 13.2 Å². The Morgan fingerprint density at radius 1 is 1.11 bits per heavy atom. The molecule has 104 valence electrons. The Balaban J connectivity index is 2.18. The molecule has 0 aromatic heterocycles. The molecule has 1 fully saturated rings. The minimum absolute atomic E-state index is 0.117. The van der Waals surface area contributed by atoms with Gasteiger partial charge in [-0.25, -0.2) is 8.42 Å². The van der Waals surface area contributed by atoms with Gasteiger partial charge < -0.3 is 0 Å². The van der Waals surface area contributed by atoms with Crippen molar-refractivity contribution in [3.8, 4) is 0 Å². The summed E-state index contributed by atoms with van der Waals surface area (Å²) >= 11 is 5.30. The number of halogens is 1. The fourth-order valence-corrected chi connectivity index (χ4v) is 3.87. The molecule has 0 unspecified atom stereocenters. The average Bonchev–Trinajstić information content (AvgIpc) is 2.40. The molecule has 0 aliphatic carbocycles. The average molecular weight is 302 g/mol. The molecule has 0 N–H and O–H groups in total. The van der Waals surface area contributed by atoms with E-state index in [9.17, 15) is 13.2 Å². The van der Waals surface area contributed by atoms with Crippen LogP contribution >= 0.6 is 11.6 Å². The second kappa shape index (κ2) is 6.03. The number of hydrogen-bond donors (Lipinski definition) is 0. The quantitative estimate of drug-likeness (QED) is 0.801. The first-order valence-corrected chi connectivity index (χ1v) is 8.09. The van der Waals surface area contributed by atoms with Gasteiger partial charge in [0.15, 0.2) is 0 Å². The van der Waals surface area contributed by atoms with Crippen molar-refractivity contribution >= 4 is 26.9 Å². The van der Waals surface area contributed by atoms with E-state index in [4.69, 9.17) is 11.6 Å². The molecule has 0 saturated carbocycles. The molecule has 1 aromatic rings. The standard InChI is InChI=1S/C13H16ClNO3S/c14-13(16)10-11-4-6-12(7-5-11)19(17,18)15-8-2-1-3-9-15/h4-7H,1-3,8-10H2. The summed E-state index contributed by atoms with van der Waals surface area (Å²) in [6, 6.07) is 6.35. The highest BCUT2D eigenvalue weighted by atomic mass is 35.5. The molecule has 19 heavy (non-hydrogen) atoms. The lowest BCUT2D eigenvalue weighted by Crippen LogP contribution is -2.35. The highest BCUT2D eigenvalue weighted by Crippen LogP contribution is 2.21. The SMILES string of the molecule is O=C(Cl)Cc1ccc(S(=O)(=O)N2CCCCC2)cc1. The third-order valence-electron chi connectivity index (χ3n) is 3.22. The minimum Gasteiger partial charge on any atom is -0.281 e. The van der Waals surface area contributed by atoms with Crippen molar-refractivity contribution in [1.29, 1.82) is 0 Å². The molecular formula is C13H16ClNO3S. The summed E-state index contributed by atoms with van der Waals surface area (Å²) in [6.07, 6.45) is 3.03. The minimum atomic E-state index is -3.39. The van der Waals surface area contributed by atoms with Gasteiger partial charge in [0, 0.05) is 19.5 Å². The number of nitrogens with zero attached hydrogens (tertiary/aromatic N) is 1. The zero-order valence-electron chi connectivity index (χ0n) is 10.5. The lowest BCUT2D eigenvalue weighted by Gasteiger charge is -2.25. The lowest BCUT2D eigenvalue weighted by atomic mass is 10.2. The van der Waals surface area contributed by atoms with Gasteiger partial charge >= 0.3 is 0 Å². The number of carbonyl (C=O) groups is 1. The highest BCUT2D eigenvalue weighted by molar-refractivity contribution is 7.89. The van der Waals surface area contributed by atoms with Gasteiger partial charge in [0.05, 0.1) is 4.90 Å². The summed E-state index contributed by atoms with van der Waals surface area (Å²) in [5.41, 5.74) is 0.720. The Morgan fingerprint density at radius 2 is 1.68 bits per heavy atom. The van der Waals surface area contributed by atoms with Crippen LogP contribution in [0.15, 0.2) is 29.2 Å². The highest BCUT2D eigenvalue weighted by Gasteiger charge is 2.25. The van der Waals surface area contributed by atoms with E-state index in [2.05, 4.69) is 0 Å². The van der Waals surface area contributed by atoms with Crippen LogP contribution in [0.4, 0.5) is 0 Å². The van der Waals surface area contributed by atoms with Crippen LogP contribution in [0.1, 0.15) is 24.8 Å². The molecule has 4 nitrogen and oxygen atoms in total. The van der Waals surface area contributed by atoms with Crippen LogP contribution < -0.4 is 0 Å². The van der Waals surface area contributed by atoms with Crippen LogP contribution in [0.5, 0.6) is 0 Å². The number of rotatable bonds is 4. The third-order valence-corrected chi connectivity index (χ3v) is 5.27. The summed E-state index contributed by atoms with van der Waals surface area (Å²) in [5, 5.41) is -0.452. The smallest absolute Gasteiger partial charge is 0.243 e. The van der Waals surface area contributed by atoms with Gasteiger partial charge in [0.2, 0.25) is 15.3 Å². The first-order valence-electron chi connectivity index (χ1n) is 6.27. The van der Waals surface area contributed by atoms with Gasteiger partial charge in [-0.15, -0.1) is 0 Å². The van der Waals surface area contributed by atoms with Crippen LogP contribution in [0, 0.1) is 0 Å². The van der Waals surface area contributed by atoms with Crippen molar-refractivity contribution in [1.82, 2.24) is 4.31 Å². The first-order chi connectivity index (χ1) is 9.00. The Bertz CT molecular complexity index is 548. The second-order valence-corrected chi connectivity index (χ2v) is 7.00. The summed E-state index contributed by atoms with van der Waals surface area (Å²) in [5.74, 6) is 0. The fraction of sp³-hybridized carbons (Fsp3) is 0.462. The summed E-state index contributed by atoms with van der Waals surface area (Å²) in [7, 11) is -3.39. The van der Waals surface area contributed by atoms with E-state index in [1.165, 1.54) is 4.31 Å². The fourth-order valence-electron chi connectivity index (χ4n) is 2.19. The molecule has 1 heterocycles. The third kappa shape index (κ3) is 3.55. The van der Waals surface area contributed by atoms with Gasteiger partial charge in [0.1, 0.15) is 0 Å². The number of carbonyl (C=O) groups excluding carboxylic acids is 1. The van der Waals surface area contributed by atoms with E-state index in [1.54, 1.807) is 24.3 Å². The largest absolute Gasteiger partial charge is 0.281 e. The van der Waals surface area contributed by atoms with Gasteiger partial charge in [-0.05, 0) is 42.1 Å². The topological polar surface area (TPSA) is 54.5 Å². The van der Waals surface area contributed by atoms with E-state index in [0.717, 1.165) is 24.8 Å². The zero-order valence-corrected chi connectivity index (χ0v) is 12.1. The Labute approximate surface area is 118 Å². The van der Waals surface area contributed by atoms with Crippen molar-refractivity contribution in [3.05, 3.63) is 29.8 Å². The molecule has 1 aliphatic heterocycles. The normalized spacial score (nSPS) is 17.3. The molecule has 2 rings (SSSR count). The monoisotopic (exact) mass is 301 g/mol. The predicted molar refractivity (Wildman–Crippen MR) is 73.6 cm³/mol. The van der Waals surface area contributed by atoms with Gasteiger partial charge in [-0.3, -0.25) is 4.79 Å². The van der Waals surface area contributed by atoms with Crippen LogP contribution in [-0.4, -0.2) is 31.1 Å². The summed E-state index contributed by atoms with van der Waals surface area (Å²) in [6.45, 7) is 1.18. The first kappa shape index (κ1) is 14.5. The molecular weight excluding hydrogens is 286 g/mol. The Morgan fingerprint density at radius 3 is 2.21 bits per heavy atom. The number of piperidine rings is 1. The van der Waals surface area contributed by atoms with Crippen LogP contribution in [0.3, 0.4) is 0 Å².